The van der Waals surface area contributed by atoms with Gasteiger partial charge < -0.3 is 0 Å². The van der Waals surface area contributed by atoms with Crippen LogP contribution in [0.4, 0.5) is 0 Å². The maximum atomic E-state index is 5.18. The number of hydrogen-bond donors (Lipinski definition) is 0. The summed E-state index contributed by atoms with van der Waals surface area (Å²) in [5, 5.41) is 0. The molecule has 2 unspecified atom stereocenters. The second-order valence-electron chi connectivity index (χ2n) is 10.8. The van der Waals surface area contributed by atoms with Crippen LogP contribution in [0, 0.1) is 12.8 Å². The van der Waals surface area contributed by atoms with Gasteiger partial charge in [-0.1, -0.05) is 133 Å². The van der Waals surface area contributed by atoms with Gasteiger partial charge >= 0.3 is 0 Å². The Morgan fingerprint density at radius 1 is 0.718 bits per heavy atom. The standard InChI is InChI=1S/C37H30N2/c1-26-13-15-31(16-14-26)36-38-34(30-19-17-29(18-20-30)27-9-5-2-3-6-10-27)24-35(39-36)37-22-21-32(23-33(37)25-37)28-11-7-4-8-12-28/h2-5,7-24,33H,6,25H2,1H3. The predicted octanol–water partition coefficient (Wildman–Crippen LogP) is 8.93. The monoisotopic (exact) mass is 502 g/mol. The molecule has 0 radical (unpaired) electrons. The van der Waals surface area contributed by atoms with Crippen LogP contribution >= 0.6 is 0 Å². The van der Waals surface area contributed by atoms with E-state index in [0.29, 0.717) is 5.92 Å². The number of nitrogens with zero attached hydrogens (tertiary/aromatic N) is 2. The molecule has 0 aliphatic heterocycles. The highest BCUT2D eigenvalue weighted by molar-refractivity contribution is 5.79. The van der Waals surface area contributed by atoms with Crippen molar-refractivity contribution in [2.24, 2.45) is 5.92 Å². The quantitative estimate of drug-likeness (QED) is 0.272. The summed E-state index contributed by atoms with van der Waals surface area (Å²) in [5.41, 5.74) is 10.5. The van der Waals surface area contributed by atoms with Crippen molar-refractivity contribution in [1.29, 1.82) is 0 Å². The van der Waals surface area contributed by atoms with E-state index in [9.17, 15) is 0 Å². The highest BCUT2D eigenvalue weighted by Gasteiger charge is 2.55. The van der Waals surface area contributed by atoms with Crippen LogP contribution in [0.15, 0.2) is 134 Å². The second-order valence-corrected chi connectivity index (χ2v) is 10.8. The first-order chi connectivity index (χ1) is 19.2. The van der Waals surface area contributed by atoms with E-state index in [-0.39, 0.29) is 5.41 Å². The fraction of sp³-hybridized carbons (Fsp3) is 0.135. The molecule has 0 saturated heterocycles. The molecule has 0 bridgehead atoms. The van der Waals surface area contributed by atoms with Gasteiger partial charge in [0.1, 0.15) is 0 Å². The van der Waals surface area contributed by atoms with Gasteiger partial charge in [-0.25, -0.2) is 9.97 Å². The van der Waals surface area contributed by atoms with Crippen molar-refractivity contribution >= 4 is 11.1 Å². The summed E-state index contributed by atoms with van der Waals surface area (Å²) in [6.45, 7) is 2.11. The largest absolute Gasteiger partial charge is 0.232 e. The van der Waals surface area contributed by atoms with Crippen molar-refractivity contribution in [3.05, 3.63) is 156 Å². The molecule has 1 fully saturated rings. The van der Waals surface area contributed by atoms with Gasteiger partial charge in [0.2, 0.25) is 0 Å². The lowest BCUT2D eigenvalue weighted by atomic mass is 9.89. The molecule has 3 aliphatic rings. The Bertz CT molecular complexity index is 1680. The molecule has 4 aromatic rings. The van der Waals surface area contributed by atoms with Crippen LogP contribution in [-0.2, 0) is 5.41 Å². The minimum absolute atomic E-state index is 0.0572. The molecule has 0 spiro atoms. The molecule has 2 nitrogen and oxygen atoms in total. The molecule has 1 aromatic heterocycles. The number of allylic oxidation sites excluding steroid dienone is 10. The van der Waals surface area contributed by atoms with E-state index in [4.69, 9.17) is 9.97 Å². The number of aromatic nitrogens is 2. The number of rotatable bonds is 5. The molecule has 0 N–H and O–H groups in total. The van der Waals surface area contributed by atoms with E-state index in [1.54, 1.807) is 0 Å². The minimum atomic E-state index is -0.0572. The molecule has 2 atom stereocenters. The highest BCUT2D eigenvalue weighted by Crippen LogP contribution is 2.59. The number of hydrogen-bond acceptors (Lipinski definition) is 2. The molecule has 1 heterocycles. The van der Waals surface area contributed by atoms with Crippen LogP contribution in [0.1, 0.15) is 35.2 Å². The second kappa shape index (κ2) is 9.63. The predicted molar refractivity (Wildman–Crippen MR) is 162 cm³/mol. The summed E-state index contributed by atoms with van der Waals surface area (Å²) in [5.74, 6) is 1.24. The number of aryl methyl sites for hydroxylation is 1. The first kappa shape index (κ1) is 23.5. The average Bonchev–Trinajstić information content (AvgIpc) is 3.78. The molecule has 39 heavy (non-hydrogen) atoms. The topological polar surface area (TPSA) is 25.8 Å². The van der Waals surface area contributed by atoms with E-state index in [2.05, 4.69) is 140 Å². The van der Waals surface area contributed by atoms with Gasteiger partial charge in [-0.15, -0.1) is 0 Å². The first-order valence-electron chi connectivity index (χ1n) is 13.8. The van der Waals surface area contributed by atoms with E-state index < -0.39 is 0 Å². The van der Waals surface area contributed by atoms with Crippen molar-refractivity contribution < 1.29 is 0 Å². The molecule has 2 heteroatoms. The molecule has 7 rings (SSSR count). The summed E-state index contributed by atoms with van der Waals surface area (Å²) < 4.78 is 0. The van der Waals surface area contributed by atoms with E-state index in [1.165, 1.54) is 27.8 Å². The molecule has 188 valence electrons. The Kier molecular flexibility index (Phi) is 5.82. The smallest absolute Gasteiger partial charge is 0.160 e. The lowest BCUT2D eigenvalue weighted by Gasteiger charge is -2.18. The molecular weight excluding hydrogens is 472 g/mol. The fourth-order valence-corrected chi connectivity index (χ4v) is 5.71. The Hall–Kier alpha value is -4.56. The lowest BCUT2D eigenvalue weighted by molar-refractivity contribution is 0.777. The SMILES string of the molecule is Cc1ccc(-c2nc(-c3ccc(C4=CCC=CC=C4)cc3)cc(C34C=CC(c5ccccc5)=CC3C4)n2)cc1. The van der Waals surface area contributed by atoms with Crippen LogP contribution in [0.2, 0.25) is 0 Å². The van der Waals surface area contributed by atoms with Gasteiger partial charge in [0, 0.05) is 16.5 Å². The van der Waals surface area contributed by atoms with E-state index >= 15 is 0 Å². The lowest BCUT2D eigenvalue weighted by Crippen LogP contribution is -2.13. The summed E-state index contributed by atoms with van der Waals surface area (Å²) in [7, 11) is 0. The van der Waals surface area contributed by atoms with Crippen molar-refractivity contribution in [3.63, 3.8) is 0 Å². The van der Waals surface area contributed by atoms with Crippen molar-refractivity contribution in [2.75, 3.05) is 0 Å². The Balaban J connectivity index is 1.27. The summed E-state index contributed by atoms with van der Waals surface area (Å²) in [6, 6.07) is 30.2. The molecular formula is C37H30N2. The molecule has 0 amide bonds. The zero-order valence-corrected chi connectivity index (χ0v) is 22.1. The van der Waals surface area contributed by atoms with Gasteiger partial charge in [-0.05, 0) is 54.0 Å². The van der Waals surface area contributed by atoms with Gasteiger partial charge in [0.25, 0.3) is 0 Å². The maximum absolute atomic E-state index is 5.18. The molecule has 1 saturated carbocycles. The Morgan fingerprint density at radius 2 is 1.46 bits per heavy atom. The average molecular weight is 503 g/mol. The van der Waals surface area contributed by atoms with E-state index in [1.807, 2.05) is 0 Å². The Labute approximate surface area is 230 Å². The minimum Gasteiger partial charge on any atom is -0.232 e. The highest BCUT2D eigenvalue weighted by atomic mass is 14.9. The third-order valence-corrected chi connectivity index (χ3v) is 8.13. The van der Waals surface area contributed by atoms with Crippen LogP contribution in [-0.4, -0.2) is 9.97 Å². The van der Waals surface area contributed by atoms with Gasteiger partial charge in [0.05, 0.1) is 11.4 Å². The van der Waals surface area contributed by atoms with Crippen LogP contribution in [0.25, 0.3) is 33.8 Å². The third-order valence-electron chi connectivity index (χ3n) is 8.13. The van der Waals surface area contributed by atoms with Crippen molar-refractivity contribution in [2.45, 2.75) is 25.2 Å². The van der Waals surface area contributed by atoms with Crippen LogP contribution in [0.3, 0.4) is 0 Å². The normalized spacial score (nSPS) is 21.1. The zero-order chi connectivity index (χ0) is 26.2. The summed E-state index contributed by atoms with van der Waals surface area (Å²) >= 11 is 0. The van der Waals surface area contributed by atoms with Crippen molar-refractivity contribution in [3.8, 4) is 22.6 Å². The number of benzene rings is 3. The summed E-state index contributed by atoms with van der Waals surface area (Å²) in [4.78, 5) is 10.3. The van der Waals surface area contributed by atoms with Gasteiger partial charge in [-0.3, -0.25) is 0 Å². The van der Waals surface area contributed by atoms with Gasteiger partial charge in [-0.2, -0.15) is 0 Å². The van der Waals surface area contributed by atoms with Crippen molar-refractivity contribution in [1.82, 2.24) is 9.97 Å². The fourth-order valence-electron chi connectivity index (χ4n) is 5.71. The zero-order valence-electron chi connectivity index (χ0n) is 22.1. The number of fused-ring (bicyclic) bond motifs is 1. The Morgan fingerprint density at radius 3 is 2.26 bits per heavy atom. The van der Waals surface area contributed by atoms with Crippen LogP contribution in [0.5, 0.6) is 0 Å². The molecule has 3 aromatic carbocycles. The first-order valence-corrected chi connectivity index (χ1v) is 13.8. The van der Waals surface area contributed by atoms with Gasteiger partial charge in [0.15, 0.2) is 5.82 Å². The maximum Gasteiger partial charge on any atom is 0.160 e. The summed E-state index contributed by atoms with van der Waals surface area (Å²) in [6.07, 6.45) is 20.0. The van der Waals surface area contributed by atoms with Crippen LogP contribution < -0.4 is 0 Å². The molecule has 3 aliphatic carbocycles. The third kappa shape index (κ3) is 4.53. The van der Waals surface area contributed by atoms with E-state index in [0.717, 1.165) is 41.2 Å².